The quantitative estimate of drug-likeness (QED) is 0.114. The van der Waals surface area contributed by atoms with Crippen LogP contribution in [0.5, 0.6) is 5.88 Å². The monoisotopic (exact) mass is 612 g/mol. The smallest absolute Gasteiger partial charge is 0.487 e. The lowest BCUT2D eigenvalue weighted by Gasteiger charge is -2.26. The molecule has 0 saturated carbocycles. The van der Waals surface area contributed by atoms with Gasteiger partial charge in [-0.1, -0.05) is 21.6 Å². The largest absolute Gasteiger partial charge is 0.756 e. The summed E-state index contributed by atoms with van der Waals surface area (Å²) in [5, 5.41) is 10.3. The van der Waals surface area contributed by atoms with E-state index in [0.717, 1.165) is 0 Å². The average Bonchev–Trinajstić information content (AvgIpc) is 3.30. The number of nitrogens with zero attached hydrogens (tertiary/aromatic N) is 4. The Morgan fingerprint density at radius 2 is 2.00 bits per heavy atom. The van der Waals surface area contributed by atoms with Crippen LogP contribution in [0.25, 0.3) is 11.2 Å². The van der Waals surface area contributed by atoms with Gasteiger partial charge in [-0.15, -0.1) is 0 Å². The maximum Gasteiger partial charge on any atom is 0.487 e. The highest BCUT2D eigenvalue weighted by molar-refractivity contribution is 8.76. The van der Waals surface area contributed by atoms with Crippen molar-refractivity contribution in [2.45, 2.75) is 24.9 Å². The van der Waals surface area contributed by atoms with Gasteiger partial charge < -0.3 is 44.4 Å². The van der Waals surface area contributed by atoms with Gasteiger partial charge in [0.25, 0.3) is 7.82 Å². The number of phosphoric ester groups is 1. The second kappa shape index (κ2) is 11.9. The Morgan fingerprint density at radius 1 is 1.28 bits per heavy atom. The summed E-state index contributed by atoms with van der Waals surface area (Å²) in [4.78, 5) is 50.4. The van der Waals surface area contributed by atoms with Gasteiger partial charge in [0.2, 0.25) is 11.8 Å². The van der Waals surface area contributed by atoms with Gasteiger partial charge >= 0.3 is 15.6 Å². The van der Waals surface area contributed by atoms with Crippen molar-refractivity contribution in [2.75, 3.05) is 31.0 Å². The van der Waals surface area contributed by atoms with Crippen molar-refractivity contribution in [2.24, 2.45) is 0 Å². The van der Waals surface area contributed by atoms with E-state index < -0.39 is 48.5 Å². The fourth-order valence-electron chi connectivity index (χ4n) is 2.97. The minimum atomic E-state index is -5.73. The number of rotatable bonds is 13. The molecule has 0 aliphatic carbocycles. The van der Waals surface area contributed by atoms with Gasteiger partial charge in [-0.2, -0.15) is 14.3 Å². The van der Waals surface area contributed by atoms with Gasteiger partial charge in [0.15, 0.2) is 11.2 Å². The highest BCUT2D eigenvalue weighted by Crippen LogP contribution is 2.65. The summed E-state index contributed by atoms with van der Waals surface area (Å²) in [5.41, 5.74) is 6.28. The number of fused-ring (bicyclic) bond motifs is 1. The van der Waals surface area contributed by atoms with E-state index in [1.807, 2.05) is 6.26 Å². The Kier molecular flexibility index (Phi) is 9.85. The molecule has 2 aromatic rings. The van der Waals surface area contributed by atoms with Crippen LogP contribution < -0.4 is 15.4 Å². The molecule has 1 saturated heterocycles. The van der Waals surface area contributed by atoms with E-state index in [1.54, 1.807) is 21.6 Å². The van der Waals surface area contributed by atoms with Crippen LogP contribution in [-0.4, -0.2) is 76.7 Å². The summed E-state index contributed by atoms with van der Waals surface area (Å²) in [7, 11) is -13.8. The van der Waals surface area contributed by atoms with Gasteiger partial charge in [0.1, 0.15) is 12.3 Å². The lowest BCUT2D eigenvalue weighted by molar-refractivity contribution is -0.221. The van der Waals surface area contributed by atoms with Crippen LogP contribution in [0.4, 0.5) is 5.95 Å². The van der Waals surface area contributed by atoms with Crippen LogP contribution in [0.15, 0.2) is 6.33 Å². The molecule has 0 radical (unpaired) electrons. The summed E-state index contributed by atoms with van der Waals surface area (Å²) >= 11 is 0. The Labute approximate surface area is 210 Å². The Bertz CT molecular complexity index is 1210. The number of hydrogen-bond donors (Lipinski definition) is 5. The van der Waals surface area contributed by atoms with E-state index in [2.05, 4.69) is 28.1 Å². The number of aliphatic hydroxyl groups is 1. The van der Waals surface area contributed by atoms with Crippen molar-refractivity contribution in [3.63, 3.8) is 0 Å². The molecule has 3 rings (SSSR count). The number of aromatic nitrogens is 4. The summed E-state index contributed by atoms with van der Waals surface area (Å²) in [6.45, 7) is -0.543. The molecule has 2 unspecified atom stereocenters. The second-order valence-corrected chi connectivity index (χ2v) is 13.9. The zero-order valence-electron chi connectivity index (χ0n) is 18.1. The SMILES string of the molecule is CSSCCOc1nc(N)nc2c1ncn2[C@H]1C[C@@H](O)[C@@H](COP(=O)([O-])OP(=O)(O)OP(=O)(O)O)O1. The number of anilines is 1. The lowest BCUT2D eigenvalue weighted by Crippen LogP contribution is -2.27. The van der Waals surface area contributed by atoms with E-state index in [-0.39, 0.29) is 29.4 Å². The second-order valence-electron chi connectivity index (χ2n) is 6.85. The molecule has 1 aliphatic heterocycles. The molecule has 6 N–H and O–H groups in total. The van der Waals surface area contributed by atoms with E-state index >= 15 is 0 Å². The van der Waals surface area contributed by atoms with Crippen molar-refractivity contribution in [1.29, 1.82) is 0 Å². The van der Waals surface area contributed by atoms with Crippen molar-refractivity contribution in [3.8, 4) is 5.88 Å². The first-order chi connectivity index (χ1) is 16.7. The maximum atomic E-state index is 11.8. The number of aliphatic hydroxyl groups excluding tert-OH is 1. The van der Waals surface area contributed by atoms with Gasteiger partial charge in [0, 0.05) is 12.2 Å². The molecule has 18 nitrogen and oxygen atoms in total. The third kappa shape index (κ3) is 8.34. The molecule has 3 heterocycles. The van der Waals surface area contributed by atoms with Crippen molar-refractivity contribution in [1.82, 2.24) is 19.5 Å². The number of nitrogen functional groups attached to an aromatic ring is 1. The Morgan fingerprint density at radius 3 is 2.67 bits per heavy atom. The molecule has 23 heteroatoms. The standard InChI is InChI=1S/C13H22N5O13P3S2/c1-35-36-3-2-27-12-10-11(16-13(14)17-12)18(6-15-10)9-4-7(19)8(29-9)5-28-33(23,24)31-34(25,26)30-32(20,21)22/h6-9,19H,2-5H2,1H3,(H,23,24)(H,25,26)(H2,14,16,17)(H2,20,21,22)/p-1/t7-,8-,9-/m1/s1. The topological polar surface area (TPSA) is 271 Å². The van der Waals surface area contributed by atoms with Crippen LogP contribution in [0, 0.1) is 0 Å². The highest BCUT2D eigenvalue weighted by atomic mass is 33.1. The predicted molar refractivity (Wildman–Crippen MR) is 123 cm³/mol. The van der Waals surface area contributed by atoms with Crippen LogP contribution in [0.2, 0.25) is 0 Å². The van der Waals surface area contributed by atoms with E-state index in [0.29, 0.717) is 12.4 Å². The van der Waals surface area contributed by atoms with E-state index in [9.17, 15) is 23.7 Å². The first kappa shape index (κ1) is 29.7. The van der Waals surface area contributed by atoms with Gasteiger partial charge in [-0.3, -0.25) is 9.13 Å². The fourth-order valence-corrected chi connectivity index (χ4v) is 6.99. The minimum Gasteiger partial charge on any atom is -0.756 e. The van der Waals surface area contributed by atoms with Gasteiger partial charge in [-0.05, 0) is 6.26 Å². The van der Waals surface area contributed by atoms with Crippen molar-refractivity contribution < 1.29 is 61.0 Å². The molecule has 0 spiro atoms. The number of hydrogen-bond acceptors (Lipinski definition) is 16. The van der Waals surface area contributed by atoms with Gasteiger partial charge in [0.05, 0.1) is 25.6 Å². The molecule has 0 amide bonds. The number of ether oxygens (including phenoxy) is 2. The van der Waals surface area contributed by atoms with E-state index in [1.165, 1.54) is 10.9 Å². The molecule has 36 heavy (non-hydrogen) atoms. The molecular formula is C13H21N5O13P3S2-. The average molecular weight is 612 g/mol. The summed E-state index contributed by atoms with van der Waals surface area (Å²) in [6.07, 6.45) is -0.228. The number of nitrogens with two attached hydrogens (primary N) is 1. The normalized spacial score (nSPS) is 24.0. The highest BCUT2D eigenvalue weighted by Gasteiger charge is 2.39. The molecule has 0 aromatic carbocycles. The predicted octanol–water partition coefficient (Wildman–Crippen LogP) is 0.158. The number of phosphoric acid groups is 3. The molecule has 1 aliphatic rings. The minimum absolute atomic E-state index is 0.0617. The van der Waals surface area contributed by atoms with Crippen LogP contribution in [-0.2, 0) is 31.6 Å². The van der Waals surface area contributed by atoms with Crippen LogP contribution in [0.3, 0.4) is 0 Å². The fraction of sp³-hybridized carbons (Fsp3) is 0.615. The van der Waals surface area contributed by atoms with Gasteiger partial charge in [-0.25, -0.2) is 18.4 Å². The summed E-state index contributed by atoms with van der Waals surface area (Å²) in [6, 6.07) is 0. The molecule has 1 fully saturated rings. The molecule has 2 aromatic heterocycles. The lowest BCUT2D eigenvalue weighted by atomic mass is 10.2. The maximum absolute atomic E-state index is 11.8. The third-order valence-electron chi connectivity index (χ3n) is 4.25. The first-order valence-corrected chi connectivity index (χ1v) is 16.8. The summed E-state index contributed by atoms with van der Waals surface area (Å²) in [5.74, 6) is 0.717. The molecular weight excluding hydrogens is 591 g/mol. The van der Waals surface area contributed by atoms with Crippen LogP contribution >= 0.6 is 45.1 Å². The number of imidazole rings is 1. The Balaban J connectivity index is 1.67. The van der Waals surface area contributed by atoms with E-state index in [4.69, 9.17) is 29.9 Å². The molecule has 5 atom stereocenters. The Hall–Kier alpha value is -0.820. The van der Waals surface area contributed by atoms with Crippen LogP contribution in [0.1, 0.15) is 12.6 Å². The first-order valence-electron chi connectivity index (χ1n) is 9.58. The zero-order valence-corrected chi connectivity index (χ0v) is 22.4. The molecule has 0 bridgehead atoms. The summed E-state index contributed by atoms with van der Waals surface area (Å²) < 4.78 is 58.1. The third-order valence-corrected chi connectivity index (χ3v) is 9.80. The van der Waals surface area contributed by atoms with Crippen molar-refractivity contribution in [3.05, 3.63) is 6.33 Å². The zero-order chi connectivity index (χ0) is 26.7. The van der Waals surface area contributed by atoms with Crippen molar-refractivity contribution >= 4 is 62.2 Å². The molecule has 204 valence electrons.